The second-order valence-electron chi connectivity index (χ2n) is 3.06. The molecule has 0 bridgehead atoms. The standard InChI is InChI=1S/C10H15ClN2/c1-3-6-13(2)10-4-5-12-8-9(10)7-11/h4-5,8H,3,6-7H2,1-2H3. The van der Waals surface area contributed by atoms with Gasteiger partial charge in [0.15, 0.2) is 0 Å². The van der Waals surface area contributed by atoms with E-state index in [9.17, 15) is 0 Å². The van der Waals surface area contributed by atoms with Crippen molar-refractivity contribution in [3.05, 3.63) is 24.0 Å². The fourth-order valence-electron chi connectivity index (χ4n) is 1.35. The Hall–Kier alpha value is -0.760. The smallest absolute Gasteiger partial charge is 0.0509 e. The summed E-state index contributed by atoms with van der Waals surface area (Å²) in [5, 5.41) is 0. The highest BCUT2D eigenvalue weighted by atomic mass is 35.5. The molecule has 0 unspecified atom stereocenters. The normalized spacial score (nSPS) is 10.1. The van der Waals surface area contributed by atoms with Crippen LogP contribution < -0.4 is 4.90 Å². The lowest BCUT2D eigenvalue weighted by molar-refractivity contribution is 0.847. The third kappa shape index (κ3) is 2.59. The van der Waals surface area contributed by atoms with E-state index in [0.29, 0.717) is 5.88 Å². The van der Waals surface area contributed by atoms with Gasteiger partial charge >= 0.3 is 0 Å². The maximum atomic E-state index is 5.81. The number of alkyl halides is 1. The summed E-state index contributed by atoms with van der Waals surface area (Å²) in [6.07, 6.45) is 4.77. The van der Waals surface area contributed by atoms with E-state index in [0.717, 1.165) is 18.5 Å². The summed E-state index contributed by atoms with van der Waals surface area (Å²) in [4.78, 5) is 6.26. The summed E-state index contributed by atoms with van der Waals surface area (Å²) in [6, 6.07) is 2.01. The largest absolute Gasteiger partial charge is 0.374 e. The molecular formula is C10H15ClN2. The Morgan fingerprint density at radius 3 is 2.92 bits per heavy atom. The van der Waals surface area contributed by atoms with Crippen molar-refractivity contribution in [2.24, 2.45) is 0 Å². The fourth-order valence-corrected chi connectivity index (χ4v) is 1.56. The van der Waals surface area contributed by atoms with Crippen LogP contribution in [0.1, 0.15) is 18.9 Å². The lowest BCUT2D eigenvalue weighted by Gasteiger charge is -2.20. The summed E-state index contributed by atoms with van der Waals surface area (Å²) in [5.74, 6) is 0.525. The Balaban J connectivity index is 2.85. The summed E-state index contributed by atoms with van der Waals surface area (Å²) in [6.45, 7) is 3.21. The number of nitrogens with zero attached hydrogens (tertiary/aromatic N) is 2. The number of aromatic nitrogens is 1. The molecular weight excluding hydrogens is 184 g/mol. The lowest BCUT2D eigenvalue weighted by Crippen LogP contribution is -2.19. The maximum Gasteiger partial charge on any atom is 0.0509 e. The Kier molecular flexibility index (Phi) is 4.03. The van der Waals surface area contributed by atoms with E-state index in [1.807, 2.05) is 12.3 Å². The molecule has 1 aromatic heterocycles. The minimum Gasteiger partial charge on any atom is -0.374 e. The van der Waals surface area contributed by atoms with Gasteiger partial charge in [-0.25, -0.2) is 0 Å². The zero-order chi connectivity index (χ0) is 9.68. The van der Waals surface area contributed by atoms with Crippen molar-refractivity contribution in [3.63, 3.8) is 0 Å². The zero-order valence-electron chi connectivity index (χ0n) is 8.13. The topological polar surface area (TPSA) is 16.1 Å². The predicted octanol–water partition coefficient (Wildman–Crippen LogP) is 2.67. The van der Waals surface area contributed by atoms with Crippen LogP contribution in [0, 0.1) is 0 Å². The fraction of sp³-hybridized carbons (Fsp3) is 0.500. The molecule has 0 aromatic carbocycles. The third-order valence-corrected chi connectivity index (χ3v) is 2.28. The van der Waals surface area contributed by atoms with Gasteiger partial charge in [0, 0.05) is 37.2 Å². The summed E-state index contributed by atoms with van der Waals surface area (Å²) < 4.78 is 0. The predicted molar refractivity (Wildman–Crippen MR) is 57.4 cm³/mol. The molecule has 0 aliphatic rings. The number of hydrogen-bond donors (Lipinski definition) is 0. The van der Waals surface area contributed by atoms with Gasteiger partial charge in [-0.15, -0.1) is 11.6 Å². The number of pyridine rings is 1. The summed E-state index contributed by atoms with van der Waals surface area (Å²) >= 11 is 5.81. The van der Waals surface area contributed by atoms with Crippen LogP contribution in [0.15, 0.2) is 18.5 Å². The molecule has 0 saturated carbocycles. The molecule has 0 aliphatic carbocycles. The number of halogens is 1. The molecule has 0 amide bonds. The van der Waals surface area contributed by atoms with Gasteiger partial charge in [0.1, 0.15) is 0 Å². The average Bonchev–Trinajstić information content (AvgIpc) is 2.18. The molecule has 0 atom stereocenters. The van der Waals surface area contributed by atoms with Gasteiger partial charge in [-0.1, -0.05) is 6.92 Å². The van der Waals surface area contributed by atoms with Crippen LogP contribution in [0.25, 0.3) is 0 Å². The molecule has 72 valence electrons. The minimum absolute atomic E-state index is 0.525. The molecule has 13 heavy (non-hydrogen) atoms. The highest BCUT2D eigenvalue weighted by Crippen LogP contribution is 2.19. The Labute approximate surface area is 84.5 Å². The van der Waals surface area contributed by atoms with E-state index in [2.05, 4.69) is 23.9 Å². The van der Waals surface area contributed by atoms with Crippen molar-refractivity contribution in [3.8, 4) is 0 Å². The van der Waals surface area contributed by atoms with Gasteiger partial charge in [-0.05, 0) is 12.5 Å². The third-order valence-electron chi connectivity index (χ3n) is 1.99. The van der Waals surface area contributed by atoms with Crippen molar-refractivity contribution in [2.45, 2.75) is 19.2 Å². The Morgan fingerprint density at radius 1 is 1.54 bits per heavy atom. The van der Waals surface area contributed by atoms with E-state index in [1.165, 1.54) is 5.69 Å². The van der Waals surface area contributed by atoms with E-state index in [1.54, 1.807) is 6.20 Å². The van der Waals surface area contributed by atoms with Crippen LogP contribution in [-0.4, -0.2) is 18.6 Å². The minimum atomic E-state index is 0.525. The monoisotopic (exact) mass is 198 g/mol. The number of rotatable bonds is 4. The van der Waals surface area contributed by atoms with E-state index < -0.39 is 0 Å². The second kappa shape index (κ2) is 5.07. The highest BCUT2D eigenvalue weighted by Gasteiger charge is 2.04. The highest BCUT2D eigenvalue weighted by molar-refractivity contribution is 6.17. The lowest BCUT2D eigenvalue weighted by atomic mass is 10.2. The molecule has 1 rings (SSSR count). The van der Waals surface area contributed by atoms with E-state index >= 15 is 0 Å². The van der Waals surface area contributed by atoms with E-state index in [-0.39, 0.29) is 0 Å². The van der Waals surface area contributed by atoms with Crippen LogP contribution >= 0.6 is 11.6 Å². The zero-order valence-corrected chi connectivity index (χ0v) is 8.88. The van der Waals surface area contributed by atoms with Gasteiger partial charge < -0.3 is 4.90 Å². The van der Waals surface area contributed by atoms with Gasteiger partial charge in [0.2, 0.25) is 0 Å². The molecule has 0 radical (unpaired) electrons. The summed E-state index contributed by atoms with van der Waals surface area (Å²) in [5.41, 5.74) is 2.28. The van der Waals surface area contributed by atoms with Gasteiger partial charge in [-0.3, -0.25) is 4.98 Å². The Morgan fingerprint density at radius 2 is 2.31 bits per heavy atom. The van der Waals surface area contributed by atoms with Crippen LogP contribution in [0.2, 0.25) is 0 Å². The SMILES string of the molecule is CCCN(C)c1ccncc1CCl. The maximum absolute atomic E-state index is 5.81. The molecule has 0 N–H and O–H groups in total. The first-order valence-corrected chi connectivity index (χ1v) is 5.03. The first-order valence-electron chi connectivity index (χ1n) is 4.49. The summed E-state index contributed by atoms with van der Waals surface area (Å²) in [7, 11) is 2.08. The van der Waals surface area contributed by atoms with Crippen molar-refractivity contribution in [2.75, 3.05) is 18.5 Å². The van der Waals surface area contributed by atoms with Gasteiger partial charge in [-0.2, -0.15) is 0 Å². The second-order valence-corrected chi connectivity index (χ2v) is 3.33. The molecule has 1 heterocycles. The molecule has 0 fully saturated rings. The van der Waals surface area contributed by atoms with Crippen LogP contribution in [0.5, 0.6) is 0 Å². The number of anilines is 1. The van der Waals surface area contributed by atoms with Crippen LogP contribution in [0.3, 0.4) is 0 Å². The van der Waals surface area contributed by atoms with Crippen molar-refractivity contribution in [1.82, 2.24) is 4.98 Å². The van der Waals surface area contributed by atoms with Crippen molar-refractivity contribution >= 4 is 17.3 Å². The van der Waals surface area contributed by atoms with E-state index in [4.69, 9.17) is 11.6 Å². The molecule has 0 spiro atoms. The van der Waals surface area contributed by atoms with Gasteiger partial charge in [0.05, 0.1) is 5.88 Å². The average molecular weight is 199 g/mol. The van der Waals surface area contributed by atoms with Gasteiger partial charge in [0.25, 0.3) is 0 Å². The first kappa shape index (κ1) is 10.3. The van der Waals surface area contributed by atoms with Crippen LogP contribution in [-0.2, 0) is 5.88 Å². The quantitative estimate of drug-likeness (QED) is 0.692. The van der Waals surface area contributed by atoms with Crippen molar-refractivity contribution in [1.29, 1.82) is 0 Å². The molecule has 1 aromatic rings. The molecule has 0 aliphatic heterocycles. The Bertz CT molecular complexity index is 263. The molecule has 3 heteroatoms. The number of hydrogen-bond acceptors (Lipinski definition) is 2. The molecule has 2 nitrogen and oxygen atoms in total. The van der Waals surface area contributed by atoms with Crippen LogP contribution in [0.4, 0.5) is 5.69 Å². The first-order chi connectivity index (χ1) is 6.29. The van der Waals surface area contributed by atoms with Crippen molar-refractivity contribution < 1.29 is 0 Å². The molecule has 0 saturated heterocycles.